The lowest BCUT2D eigenvalue weighted by atomic mass is 10.1. The molecule has 0 aliphatic rings. The first kappa shape index (κ1) is 14.5. The molecule has 9 heteroatoms. The largest absolute Gasteiger partial charge is 0.465 e. The Bertz CT molecular complexity index is 720. The molecule has 0 saturated heterocycles. The number of nitrogens with zero attached hydrogens (tertiary/aromatic N) is 4. The molecule has 2 aromatic rings. The smallest absolute Gasteiger partial charge is 0.341 e. The van der Waals surface area contributed by atoms with Crippen LogP contribution in [0, 0.1) is 11.3 Å². The number of ether oxygens (including phenoxy) is 1. The van der Waals surface area contributed by atoms with Crippen LogP contribution in [0.4, 0.5) is 5.69 Å². The predicted molar refractivity (Wildman–Crippen MR) is 74.2 cm³/mol. The number of hydrogen-bond donors (Lipinski definition) is 2. The fourth-order valence-corrected chi connectivity index (χ4v) is 1.78. The van der Waals surface area contributed by atoms with Crippen molar-refractivity contribution < 1.29 is 9.53 Å². The van der Waals surface area contributed by atoms with Crippen molar-refractivity contribution in [1.82, 2.24) is 20.6 Å². The highest BCUT2D eigenvalue weighted by Gasteiger charge is 2.15. The second kappa shape index (κ2) is 6.49. The second-order valence-corrected chi connectivity index (χ2v) is 4.11. The Hall–Kier alpha value is -2.92. The van der Waals surface area contributed by atoms with E-state index in [-0.39, 0.29) is 22.0 Å². The number of methoxy groups -OCH3 is 1. The SMILES string of the molecule is COC(=O)c1c(Cl)cccc1NC=C(C#N)c1nn[nH]n1. The fraction of sp³-hybridized carbons (Fsp3) is 0.0833. The average Bonchev–Trinajstić information content (AvgIpc) is 3.01. The first-order valence-corrected chi connectivity index (χ1v) is 6.02. The number of nitriles is 1. The summed E-state index contributed by atoms with van der Waals surface area (Å²) in [4.78, 5) is 11.7. The van der Waals surface area contributed by atoms with Gasteiger partial charge in [-0.25, -0.2) is 4.79 Å². The van der Waals surface area contributed by atoms with Crippen molar-refractivity contribution in [3.05, 3.63) is 40.8 Å². The van der Waals surface area contributed by atoms with Crippen molar-refractivity contribution in [2.75, 3.05) is 12.4 Å². The summed E-state index contributed by atoms with van der Waals surface area (Å²) >= 11 is 5.99. The Labute approximate surface area is 124 Å². The van der Waals surface area contributed by atoms with Crippen molar-refractivity contribution in [2.24, 2.45) is 0 Å². The Morgan fingerprint density at radius 2 is 2.38 bits per heavy atom. The predicted octanol–water partition coefficient (Wildman–Crippen LogP) is 1.62. The molecule has 2 N–H and O–H groups in total. The van der Waals surface area contributed by atoms with Gasteiger partial charge in [-0.2, -0.15) is 10.5 Å². The van der Waals surface area contributed by atoms with E-state index in [9.17, 15) is 4.79 Å². The molecule has 0 amide bonds. The number of halogens is 1. The molecule has 0 aliphatic carbocycles. The highest BCUT2D eigenvalue weighted by molar-refractivity contribution is 6.34. The minimum absolute atomic E-state index is 0.131. The normalized spacial score (nSPS) is 10.8. The second-order valence-electron chi connectivity index (χ2n) is 3.70. The standard InChI is InChI=1S/C12H9ClN6O2/c1-21-12(20)10-8(13)3-2-4-9(10)15-6-7(5-14)11-16-18-19-17-11/h2-4,6,15H,1H3,(H,16,17,18,19). The fourth-order valence-electron chi connectivity index (χ4n) is 1.53. The van der Waals surface area contributed by atoms with Gasteiger partial charge >= 0.3 is 5.97 Å². The van der Waals surface area contributed by atoms with Crippen LogP contribution in [0.15, 0.2) is 24.4 Å². The summed E-state index contributed by atoms with van der Waals surface area (Å²) in [6, 6.07) is 6.76. The van der Waals surface area contributed by atoms with E-state index in [1.165, 1.54) is 13.3 Å². The molecular formula is C12H9ClN6O2. The Morgan fingerprint density at radius 1 is 1.57 bits per heavy atom. The number of carbonyl (C=O) groups excluding carboxylic acids is 1. The van der Waals surface area contributed by atoms with Gasteiger partial charge in [-0.1, -0.05) is 17.7 Å². The number of hydrogen-bond acceptors (Lipinski definition) is 7. The van der Waals surface area contributed by atoms with Crippen LogP contribution in [-0.2, 0) is 4.74 Å². The maximum Gasteiger partial charge on any atom is 0.341 e. The van der Waals surface area contributed by atoms with Crippen molar-refractivity contribution in [3.63, 3.8) is 0 Å². The number of allylic oxidation sites excluding steroid dienone is 1. The Morgan fingerprint density at radius 3 is 3.00 bits per heavy atom. The number of tetrazole rings is 1. The molecule has 0 radical (unpaired) electrons. The van der Waals surface area contributed by atoms with Crippen LogP contribution in [0.25, 0.3) is 5.57 Å². The molecule has 1 aromatic carbocycles. The zero-order valence-corrected chi connectivity index (χ0v) is 11.5. The van der Waals surface area contributed by atoms with Crippen LogP contribution in [-0.4, -0.2) is 33.7 Å². The van der Waals surface area contributed by atoms with E-state index < -0.39 is 5.97 Å². The van der Waals surface area contributed by atoms with Gasteiger partial charge in [0.15, 0.2) is 0 Å². The lowest BCUT2D eigenvalue weighted by Crippen LogP contribution is -2.06. The maximum absolute atomic E-state index is 11.7. The highest BCUT2D eigenvalue weighted by Crippen LogP contribution is 2.25. The van der Waals surface area contributed by atoms with Crippen molar-refractivity contribution in [2.45, 2.75) is 0 Å². The minimum Gasteiger partial charge on any atom is -0.465 e. The van der Waals surface area contributed by atoms with Gasteiger partial charge in [0.05, 0.1) is 17.8 Å². The molecule has 0 atom stereocenters. The van der Waals surface area contributed by atoms with Gasteiger partial charge in [0.25, 0.3) is 0 Å². The van der Waals surface area contributed by atoms with Crippen LogP contribution >= 0.6 is 11.6 Å². The number of esters is 1. The van der Waals surface area contributed by atoms with E-state index in [1.54, 1.807) is 18.2 Å². The summed E-state index contributed by atoms with van der Waals surface area (Å²) < 4.78 is 4.67. The molecule has 8 nitrogen and oxygen atoms in total. The topological polar surface area (TPSA) is 117 Å². The minimum atomic E-state index is -0.588. The quantitative estimate of drug-likeness (QED) is 0.651. The summed E-state index contributed by atoms with van der Waals surface area (Å²) in [7, 11) is 1.26. The summed E-state index contributed by atoms with van der Waals surface area (Å²) in [5.41, 5.74) is 0.702. The summed E-state index contributed by atoms with van der Waals surface area (Å²) in [5, 5.41) is 25.1. The highest BCUT2D eigenvalue weighted by atomic mass is 35.5. The summed E-state index contributed by atoms with van der Waals surface area (Å²) in [5.74, 6) is -0.457. The van der Waals surface area contributed by atoms with E-state index in [0.717, 1.165) is 0 Å². The van der Waals surface area contributed by atoms with E-state index in [4.69, 9.17) is 16.9 Å². The average molecular weight is 305 g/mol. The maximum atomic E-state index is 11.7. The Balaban J connectivity index is 2.34. The lowest BCUT2D eigenvalue weighted by Gasteiger charge is -2.09. The molecule has 0 spiro atoms. The first-order valence-electron chi connectivity index (χ1n) is 5.64. The number of H-pyrrole nitrogens is 1. The zero-order chi connectivity index (χ0) is 15.2. The van der Waals surface area contributed by atoms with Crippen molar-refractivity contribution in [3.8, 4) is 6.07 Å². The van der Waals surface area contributed by atoms with Crippen molar-refractivity contribution in [1.29, 1.82) is 5.26 Å². The molecule has 1 heterocycles. The lowest BCUT2D eigenvalue weighted by molar-refractivity contribution is 0.0602. The Kier molecular flexibility index (Phi) is 4.48. The number of benzene rings is 1. The van der Waals surface area contributed by atoms with E-state index in [1.807, 2.05) is 6.07 Å². The number of anilines is 1. The van der Waals surface area contributed by atoms with Crippen LogP contribution < -0.4 is 5.32 Å². The number of aromatic nitrogens is 4. The third-order valence-corrected chi connectivity index (χ3v) is 2.80. The van der Waals surface area contributed by atoms with Crippen LogP contribution in [0.3, 0.4) is 0 Å². The van der Waals surface area contributed by atoms with Gasteiger partial charge in [-0.05, 0) is 17.3 Å². The van der Waals surface area contributed by atoms with E-state index in [2.05, 4.69) is 30.7 Å². The molecule has 0 fully saturated rings. The molecular weight excluding hydrogens is 296 g/mol. The third-order valence-electron chi connectivity index (χ3n) is 2.48. The molecule has 0 aliphatic heterocycles. The molecule has 0 bridgehead atoms. The number of rotatable bonds is 4. The number of nitrogens with one attached hydrogen (secondary N) is 2. The molecule has 0 unspecified atom stereocenters. The van der Waals surface area contributed by atoms with Crippen LogP contribution in [0.5, 0.6) is 0 Å². The van der Waals surface area contributed by atoms with Gasteiger partial charge in [-0.15, -0.1) is 10.2 Å². The third kappa shape index (κ3) is 3.16. The van der Waals surface area contributed by atoms with Gasteiger partial charge in [0.2, 0.25) is 5.82 Å². The molecule has 21 heavy (non-hydrogen) atoms. The van der Waals surface area contributed by atoms with Gasteiger partial charge in [0, 0.05) is 6.20 Å². The van der Waals surface area contributed by atoms with Gasteiger partial charge < -0.3 is 10.1 Å². The van der Waals surface area contributed by atoms with Crippen LogP contribution in [0.2, 0.25) is 5.02 Å². The zero-order valence-electron chi connectivity index (χ0n) is 10.8. The summed E-state index contributed by atoms with van der Waals surface area (Å²) in [6.07, 6.45) is 1.35. The van der Waals surface area contributed by atoms with E-state index >= 15 is 0 Å². The van der Waals surface area contributed by atoms with E-state index in [0.29, 0.717) is 5.69 Å². The first-order chi connectivity index (χ1) is 10.2. The monoisotopic (exact) mass is 304 g/mol. The number of carbonyl (C=O) groups is 1. The number of aromatic amines is 1. The summed E-state index contributed by atoms with van der Waals surface area (Å²) in [6.45, 7) is 0. The molecule has 0 saturated carbocycles. The molecule has 106 valence electrons. The van der Waals surface area contributed by atoms with Crippen molar-refractivity contribution >= 4 is 28.8 Å². The van der Waals surface area contributed by atoms with Gasteiger partial charge in [0.1, 0.15) is 17.2 Å². The van der Waals surface area contributed by atoms with Gasteiger partial charge in [-0.3, -0.25) is 0 Å². The van der Waals surface area contributed by atoms with Crippen LogP contribution in [0.1, 0.15) is 16.2 Å². The molecule has 2 rings (SSSR count). The molecule has 1 aromatic heterocycles.